The number of rotatable bonds is 6. The third-order valence-electron chi connectivity index (χ3n) is 2.67. The summed E-state index contributed by atoms with van der Waals surface area (Å²) in [5.74, 6) is 0.605. The third kappa shape index (κ3) is 4.22. The zero-order valence-electron chi connectivity index (χ0n) is 11.6. The lowest BCUT2D eigenvalue weighted by molar-refractivity contribution is -0.135. The summed E-state index contributed by atoms with van der Waals surface area (Å²) in [5, 5.41) is 9.14. The van der Waals surface area contributed by atoms with Crippen molar-refractivity contribution in [1.29, 1.82) is 0 Å². The van der Waals surface area contributed by atoms with Gasteiger partial charge in [0.15, 0.2) is 11.5 Å². The number of carbonyl (C=O) groups is 1. The fraction of sp³-hybridized carbons (Fsp3) is 0.188. The van der Waals surface area contributed by atoms with Crippen LogP contribution in [0, 0.1) is 0 Å². The van der Waals surface area contributed by atoms with E-state index >= 15 is 0 Å². The largest absolute Gasteiger partial charge is 0.422 e. The molecule has 0 spiro atoms. The zero-order valence-corrected chi connectivity index (χ0v) is 11.6. The van der Waals surface area contributed by atoms with E-state index < -0.39 is 5.97 Å². The van der Waals surface area contributed by atoms with Crippen LogP contribution >= 0.6 is 0 Å². The smallest absolute Gasteiger partial charge is 0.311 e. The van der Waals surface area contributed by atoms with Crippen molar-refractivity contribution in [3.8, 4) is 17.2 Å². The Balaban J connectivity index is 2.15. The van der Waals surface area contributed by atoms with Gasteiger partial charge in [-0.2, -0.15) is 0 Å². The third-order valence-corrected chi connectivity index (χ3v) is 2.67. The molecule has 2 rings (SSSR count). The predicted octanol–water partition coefficient (Wildman–Crippen LogP) is 2.87. The molecule has 0 aliphatic carbocycles. The van der Waals surface area contributed by atoms with E-state index in [0.29, 0.717) is 11.3 Å². The van der Waals surface area contributed by atoms with Crippen LogP contribution in [0.2, 0.25) is 0 Å². The van der Waals surface area contributed by atoms with E-state index in [4.69, 9.17) is 19.6 Å². The maximum absolute atomic E-state index is 11.4. The maximum Gasteiger partial charge on any atom is 0.311 e. The molecule has 0 radical (unpaired) electrons. The molecule has 0 aromatic heterocycles. The van der Waals surface area contributed by atoms with E-state index in [2.05, 4.69) is 0 Å². The molecule has 2 aromatic carbocycles. The van der Waals surface area contributed by atoms with Crippen LogP contribution in [0.4, 0.5) is 0 Å². The van der Waals surface area contributed by atoms with Gasteiger partial charge in [-0.1, -0.05) is 31.2 Å². The number of aliphatic hydroxyl groups is 1. The fourth-order valence-corrected chi connectivity index (χ4v) is 1.56. The molecule has 0 saturated heterocycles. The molecule has 110 valence electrons. The molecule has 0 saturated carbocycles. The second kappa shape index (κ2) is 7.31. The summed E-state index contributed by atoms with van der Waals surface area (Å²) in [7, 11) is 0. The minimum Gasteiger partial charge on any atom is -0.422 e. The predicted molar refractivity (Wildman–Crippen MR) is 76.0 cm³/mol. The van der Waals surface area contributed by atoms with Crippen LogP contribution in [0.15, 0.2) is 48.5 Å². The molecule has 0 amide bonds. The van der Waals surface area contributed by atoms with Gasteiger partial charge in [-0.05, 0) is 29.8 Å². The molecule has 5 heteroatoms. The zero-order chi connectivity index (χ0) is 15.1. The number of para-hydroxylation sites is 1. The molecular formula is C16H16O5. The Hall–Kier alpha value is -2.53. The molecular weight excluding hydrogens is 272 g/mol. The van der Waals surface area contributed by atoms with Crippen LogP contribution in [0.3, 0.4) is 0 Å². The van der Waals surface area contributed by atoms with Crippen molar-refractivity contribution in [2.75, 3.05) is 0 Å². The van der Waals surface area contributed by atoms with Gasteiger partial charge in [0.05, 0.1) is 6.61 Å². The van der Waals surface area contributed by atoms with E-state index in [1.165, 1.54) is 6.07 Å². The van der Waals surface area contributed by atoms with Gasteiger partial charge in [-0.3, -0.25) is 14.6 Å². The topological polar surface area (TPSA) is 65.0 Å². The molecule has 0 fully saturated rings. The quantitative estimate of drug-likeness (QED) is 0.383. The summed E-state index contributed by atoms with van der Waals surface area (Å²) in [5.41, 5.74) is 0.612. The van der Waals surface area contributed by atoms with Gasteiger partial charge >= 0.3 is 5.97 Å². The minimum atomic E-state index is -0.394. The van der Waals surface area contributed by atoms with Gasteiger partial charge < -0.3 is 9.84 Å². The Morgan fingerprint density at radius 2 is 1.81 bits per heavy atom. The molecule has 0 atom stereocenters. The summed E-state index contributed by atoms with van der Waals surface area (Å²) in [4.78, 5) is 21.8. The van der Waals surface area contributed by atoms with Gasteiger partial charge in [0.25, 0.3) is 0 Å². The van der Waals surface area contributed by atoms with Crippen molar-refractivity contribution in [3.05, 3.63) is 54.1 Å². The van der Waals surface area contributed by atoms with Crippen LogP contribution in [0.25, 0.3) is 0 Å². The lowest BCUT2D eigenvalue weighted by atomic mass is 10.2. The van der Waals surface area contributed by atoms with Gasteiger partial charge in [0.1, 0.15) is 0 Å². The molecule has 21 heavy (non-hydrogen) atoms. The fourth-order valence-electron chi connectivity index (χ4n) is 1.56. The standard InChI is InChI=1S/C16H16O5/c1-2-16(18)19-15-10-12(11-17)8-9-14(15)21-20-13-6-4-3-5-7-13/h3-10,17H,2,11H2,1H3. The Bertz CT molecular complexity index is 595. The number of hydrogen-bond donors (Lipinski definition) is 1. The highest BCUT2D eigenvalue weighted by Crippen LogP contribution is 2.29. The Kier molecular flexibility index (Phi) is 5.17. The first-order valence-electron chi connectivity index (χ1n) is 6.57. The van der Waals surface area contributed by atoms with Crippen molar-refractivity contribution in [2.24, 2.45) is 0 Å². The Labute approximate surface area is 122 Å². The molecule has 1 N–H and O–H groups in total. The average molecular weight is 288 g/mol. The molecule has 0 aliphatic heterocycles. The van der Waals surface area contributed by atoms with Gasteiger partial charge in [0, 0.05) is 6.42 Å². The van der Waals surface area contributed by atoms with Crippen LogP contribution in [0.5, 0.6) is 17.2 Å². The van der Waals surface area contributed by atoms with Crippen LogP contribution in [-0.2, 0) is 11.4 Å². The number of ether oxygens (including phenoxy) is 1. The van der Waals surface area contributed by atoms with Gasteiger partial charge in [0.2, 0.25) is 5.75 Å². The van der Waals surface area contributed by atoms with E-state index in [1.54, 1.807) is 31.2 Å². The normalized spacial score (nSPS) is 10.0. The molecule has 5 nitrogen and oxygen atoms in total. The molecule has 0 bridgehead atoms. The first-order valence-corrected chi connectivity index (χ1v) is 6.57. The van der Waals surface area contributed by atoms with E-state index in [-0.39, 0.29) is 24.5 Å². The highest BCUT2D eigenvalue weighted by molar-refractivity contribution is 5.73. The second-order valence-corrected chi connectivity index (χ2v) is 4.25. The lowest BCUT2D eigenvalue weighted by Crippen LogP contribution is -2.09. The molecule has 0 aliphatic rings. The minimum absolute atomic E-state index is 0.156. The molecule has 0 heterocycles. The van der Waals surface area contributed by atoms with Crippen molar-refractivity contribution >= 4 is 5.97 Å². The highest BCUT2D eigenvalue weighted by Gasteiger charge is 2.12. The summed E-state index contributed by atoms with van der Waals surface area (Å²) < 4.78 is 5.17. The number of carbonyl (C=O) groups excluding carboxylic acids is 1. The summed E-state index contributed by atoms with van der Waals surface area (Å²) in [6.07, 6.45) is 0.238. The monoisotopic (exact) mass is 288 g/mol. The Morgan fingerprint density at radius 1 is 1.05 bits per heavy atom. The molecule has 2 aromatic rings. The SMILES string of the molecule is CCC(=O)Oc1cc(CO)ccc1OOc1ccccc1. The number of esters is 1. The first kappa shape index (κ1) is 14.9. The van der Waals surface area contributed by atoms with E-state index in [9.17, 15) is 4.79 Å². The van der Waals surface area contributed by atoms with Crippen LogP contribution in [-0.4, -0.2) is 11.1 Å². The molecule has 0 unspecified atom stereocenters. The first-order chi connectivity index (χ1) is 10.2. The van der Waals surface area contributed by atoms with Crippen molar-refractivity contribution in [2.45, 2.75) is 20.0 Å². The van der Waals surface area contributed by atoms with E-state index in [1.807, 2.05) is 18.2 Å². The van der Waals surface area contributed by atoms with Crippen LogP contribution < -0.4 is 14.5 Å². The average Bonchev–Trinajstić information content (AvgIpc) is 2.54. The summed E-state index contributed by atoms with van der Waals surface area (Å²) in [6, 6.07) is 13.7. The second-order valence-electron chi connectivity index (χ2n) is 4.25. The Morgan fingerprint density at radius 3 is 2.48 bits per heavy atom. The van der Waals surface area contributed by atoms with Crippen molar-refractivity contribution in [1.82, 2.24) is 0 Å². The van der Waals surface area contributed by atoms with Gasteiger partial charge in [-0.15, -0.1) is 0 Å². The maximum atomic E-state index is 11.4. The number of aliphatic hydroxyl groups excluding tert-OH is 1. The van der Waals surface area contributed by atoms with Crippen molar-refractivity contribution in [3.63, 3.8) is 0 Å². The summed E-state index contributed by atoms with van der Waals surface area (Å²) >= 11 is 0. The lowest BCUT2D eigenvalue weighted by Gasteiger charge is -2.11. The van der Waals surface area contributed by atoms with Crippen LogP contribution in [0.1, 0.15) is 18.9 Å². The number of benzene rings is 2. The highest BCUT2D eigenvalue weighted by atomic mass is 17.2. The van der Waals surface area contributed by atoms with Crippen molar-refractivity contribution < 1.29 is 24.4 Å². The van der Waals surface area contributed by atoms with E-state index in [0.717, 1.165) is 0 Å². The number of hydrogen-bond acceptors (Lipinski definition) is 5. The van der Waals surface area contributed by atoms with Gasteiger partial charge in [-0.25, -0.2) is 0 Å². The summed E-state index contributed by atoms with van der Waals surface area (Å²) in [6.45, 7) is 1.54.